The summed E-state index contributed by atoms with van der Waals surface area (Å²) in [5, 5.41) is 5.96. The number of nitrogens with two attached hydrogens (primary N) is 1. The maximum atomic E-state index is 10.7. The van der Waals surface area contributed by atoms with Crippen LogP contribution in [0.25, 0.3) is 0 Å². The molecular weight excluding hydrogens is 254 g/mol. The molecule has 1 aromatic carbocycles. The van der Waals surface area contributed by atoms with Gasteiger partial charge < -0.3 is 21.1 Å². The third kappa shape index (κ3) is 5.19. The number of primary amides is 1. The molecule has 0 aliphatic heterocycles. The average molecular weight is 277 g/mol. The van der Waals surface area contributed by atoms with Gasteiger partial charge in [-0.05, 0) is 43.4 Å². The molecule has 0 bridgehead atoms. The number of carbonyl (C=O) groups is 1. The lowest BCUT2D eigenvalue weighted by atomic mass is 10.1. The first kappa shape index (κ1) is 14.8. The first-order valence-corrected chi connectivity index (χ1v) is 7.12. The van der Waals surface area contributed by atoms with Gasteiger partial charge in [0.15, 0.2) is 0 Å². The highest BCUT2D eigenvalue weighted by Gasteiger charge is 2.20. The van der Waals surface area contributed by atoms with Crippen LogP contribution in [-0.2, 0) is 4.74 Å². The molecule has 5 heteroatoms. The van der Waals surface area contributed by atoms with Crippen molar-refractivity contribution in [3.63, 3.8) is 0 Å². The smallest absolute Gasteiger partial charge is 0.316 e. The fourth-order valence-electron chi connectivity index (χ4n) is 2.00. The molecule has 0 aromatic heterocycles. The number of hydrogen-bond acceptors (Lipinski definition) is 3. The maximum Gasteiger partial charge on any atom is 0.316 e. The van der Waals surface area contributed by atoms with E-state index in [1.165, 1.54) is 18.4 Å². The molecule has 0 heterocycles. The Labute approximate surface area is 119 Å². The molecule has 1 aromatic rings. The number of rotatable bonds is 8. The van der Waals surface area contributed by atoms with E-state index in [9.17, 15) is 4.79 Å². The number of benzene rings is 1. The molecule has 110 valence electrons. The van der Waals surface area contributed by atoms with Gasteiger partial charge in [-0.1, -0.05) is 12.1 Å². The minimum absolute atomic E-state index is 0.252. The fraction of sp³-hybridized carbons (Fsp3) is 0.533. The molecular formula is C15H23N3O2. The Morgan fingerprint density at radius 2 is 2.10 bits per heavy atom. The molecule has 1 aliphatic carbocycles. The van der Waals surface area contributed by atoms with Crippen LogP contribution in [0.3, 0.4) is 0 Å². The fourth-order valence-corrected chi connectivity index (χ4v) is 2.00. The van der Waals surface area contributed by atoms with E-state index in [0.717, 1.165) is 25.7 Å². The van der Waals surface area contributed by atoms with Gasteiger partial charge in [-0.3, -0.25) is 0 Å². The molecule has 1 aliphatic rings. The van der Waals surface area contributed by atoms with Gasteiger partial charge in [-0.15, -0.1) is 0 Å². The van der Waals surface area contributed by atoms with Gasteiger partial charge >= 0.3 is 6.03 Å². The monoisotopic (exact) mass is 277 g/mol. The number of carbonyl (C=O) groups excluding carboxylic acids is 1. The second kappa shape index (κ2) is 7.26. The minimum atomic E-state index is -0.545. The van der Waals surface area contributed by atoms with Crippen molar-refractivity contribution >= 4 is 11.7 Å². The van der Waals surface area contributed by atoms with Crippen LogP contribution < -0.4 is 16.4 Å². The first-order chi connectivity index (χ1) is 9.65. The third-order valence-electron chi connectivity index (χ3n) is 3.43. The van der Waals surface area contributed by atoms with Crippen LogP contribution >= 0.6 is 0 Å². The van der Waals surface area contributed by atoms with Gasteiger partial charge in [0.25, 0.3) is 0 Å². The van der Waals surface area contributed by atoms with Gasteiger partial charge in [0, 0.05) is 24.9 Å². The number of ether oxygens (including phenoxy) is 1. The molecule has 2 rings (SSSR count). The summed E-state index contributed by atoms with van der Waals surface area (Å²) in [6.45, 7) is 4.61. The predicted molar refractivity (Wildman–Crippen MR) is 79.6 cm³/mol. The third-order valence-corrected chi connectivity index (χ3v) is 3.43. The Kier molecular flexibility index (Phi) is 5.38. The molecule has 1 atom stereocenters. The summed E-state index contributed by atoms with van der Waals surface area (Å²) in [6.07, 6.45) is 2.66. The highest BCUT2D eigenvalue weighted by Crippen LogP contribution is 2.28. The van der Waals surface area contributed by atoms with Crippen LogP contribution in [0.4, 0.5) is 10.5 Å². The van der Waals surface area contributed by atoms with Crippen LogP contribution in [0.2, 0.25) is 0 Å². The summed E-state index contributed by atoms with van der Waals surface area (Å²) in [5.74, 6) is 0.817. The van der Waals surface area contributed by atoms with Gasteiger partial charge in [-0.2, -0.15) is 0 Å². The molecule has 2 amide bonds. The molecule has 4 N–H and O–H groups in total. The van der Waals surface area contributed by atoms with E-state index in [0.29, 0.717) is 5.69 Å². The summed E-state index contributed by atoms with van der Waals surface area (Å²) in [7, 11) is 0. The lowest BCUT2D eigenvalue weighted by molar-refractivity contribution is 0.124. The molecule has 20 heavy (non-hydrogen) atoms. The van der Waals surface area contributed by atoms with Crippen molar-refractivity contribution in [2.24, 2.45) is 11.7 Å². The summed E-state index contributed by atoms with van der Waals surface area (Å²) in [5.41, 5.74) is 6.94. The van der Waals surface area contributed by atoms with Crippen molar-refractivity contribution in [3.05, 3.63) is 29.8 Å². The molecule has 0 spiro atoms. The minimum Gasteiger partial charge on any atom is -0.380 e. The SMILES string of the molecule is CC(NCCOCC1CC1)c1ccc(NC(N)=O)cc1. The Balaban J connectivity index is 1.67. The molecule has 0 radical (unpaired) electrons. The summed E-state index contributed by atoms with van der Waals surface area (Å²) < 4.78 is 5.58. The lowest BCUT2D eigenvalue weighted by Crippen LogP contribution is -2.23. The number of nitrogens with one attached hydrogen (secondary N) is 2. The van der Waals surface area contributed by atoms with Crippen molar-refractivity contribution < 1.29 is 9.53 Å². The maximum absolute atomic E-state index is 10.7. The van der Waals surface area contributed by atoms with E-state index < -0.39 is 6.03 Å². The van der Waals surface area contributed by atoms with Gasteiger partial charge in [0.1, 0.15) is 0 Å². The van der Waals surface area contributed by atoms with E-state index in [-0.39, 0.29) is 6.04 Å². The zero-order valence-corrected chi connectivity index (χ0v) is 11.9. The van der Waals surface area contributed by atoms with Crippen molar-refractivity contribution in [2.45, 2.75) is 25.8 Å². The van der Waals surface area contributed by atoms with E-state index in [1.54, 1.807) is 0 Å². The van der Waals surface area contributed by atoms with Gasteiger partial charge in [0.2, 0.25) is 0 Å². The summed E-state index contributed by atoms with van der Waals surface area (Å²) in [4.78, 5) is 10.7. The second-order valence-corrected chi connectivity index (χ2v) is 5.31. The molecule has 5 nitrogen and oxygen atoms in total. The van der Waals surface area contributed by atoms with Crippen molar-refractivity contribution in [1.29, 1.82) is 0 Å². The molecule has 1 saturated carbocycles. The number of amides is 2. The highest BCUT2D eigenvalue weighted by molar-refractivity contribution is 5.87. The topological polar surface area (TPSA) is 76.4 Å². The number of hydrogen-bond donors (Lipinski definition) is 3. The normalized spacial score (nSPS) is 15.8. The van der Waals surface area contributed by atoms with Crippen LogP contribution in [0.15, 0.2) is 24.3 Å². The Hall–Kier alpha value is -1.59. The predicted octanol–water partition coefficient (Wildman–Crippen LogP) is 2.25. The second-order valence-electron chi connectivity index (χ2n) is 5.31. The lowest BCUT2D eigenvalue weighted by Gasteiger charge is -2.15. The standard InChI is InChI=1S/C15H23N3O2/c1-11(17-8-9-20-10-12-2-3-12)13-4-6-14(7-5-13)18-15(16)19/h4-7,11-12,17H,2-3,8-10H2,1H3,(H3,16,18,19). The van der Waals surface area contributed by atoms with Crippen LogP contribution in [0.5, 0.6) is 0 Å². The molecule has 1 fully saturated rings. The molecule has 0 saturated heterocycles. The van der Waals surface area contributed by atoms with Gasteiger partial charge in [-0.25, -0.2) is 4.79 Å². The molecule has 1 unspecified atom stereocenters. The highest BCUT2D eigenvalue weighted by atomic mass is 16.5. The Bertz CT molecular complexity index is 429. The van der Waals surface area contributed by atoms with Crippen molar-refractivity contribution in [2.75, 3.05) is 25.1 Å². The Morgan fingerprint density at radius 3 is 2.70 bits per heavy atom. The number of anilines is 1. The first-order valence-electron chi connectivity index (χ1n) is 7.12. The summed E-state index contributed by atoms with van der Waals surface area (Å²) >= 11 is 0. The Morgan fingerprint density at radius 1 is 1.40 bits per heavy atom. The van der Waals surface area contributed by atoms with E-state index in [1.807, 2.05) is 24.3 Å². The van der Waals surface area contributed by atoms with Crippen molar-refractivity contribution in [3.8, 4) is 0 Å². The van der Waals surface area contributed by atoms with E-state index in [2.05, 4.69) is 17.6 Å². The zero-order valence-electron chi connectivity index (χ0n) is 11.9. The van der Waals surface area contributed by atoms with Crippen LogP contribution in [0, 0.1) is 5.92 Å². The summed E-state index contributed by atoms with van der Waals surface area (Å²) in [6, 6.07) is 7.37. The average Bonchev–Trinajstić information content (AvgIpc) is 3.22. The number of urea groups is 1. The zero-order chi connectivity index (χ0) is 14.4. The van der Waals surface area contributed by atoms with Crippen LogP contribution in [-0.4, -0.2) is 25.8 Å². The van der Waals surface area contributed by atoms with Crippen LogP contribution in [0.1, 0.15) is 31.4 Å². The van der Waals surface area contributed by atoms with E-state index >= 15 is 0 Å². The van der Waals surface area contributed by atoms with Crippen molar-refractivity contribution in [1.82, 2.24) is 5.32 Å². The quantitative estimate of drug-likeness (QED) is 0.638. The largest absolute Gasteiger partial charge is 0.380 e. The van der Waals surface area contributed by atoms with Gasteiger partial charge in [0.05, 0.1) is 6.61 Å². The van der Waals surface area contributed by atoms with E-state index in [4.69, 9.17) is 10.5 Å².